The largest absolute Gasteiger partial charge is 0.344 e. The number of amidine groups is 2. The fourth-order valence-corrected chi connectivity index (χ4v) is 12.5. The number of thiophene rings is 1. The van der Waals surface area contributed by atoms with Crippen molar-refractivity contribution >= 4 is 87.4 Å². The van der Waals surface area contributed by atoms with Crippen molar-refractivity contribution < 1.29 is 0 Å². The molecule has 2 aromatic heterocycles. The van der Waals surface area contributed by atoms with Gasteiger partial charge in [0.15, 0.2) is 5.84 Å². The molecule has 6 aromatic carbocycles. The first-order valence-electron chi connectivity index (χ1n) is 24.3. The Bertz CT molecular complexity index is 3670. The lowest BCUT2D eigenvalue weighted by molar-refractivity contribution is 0.726. The van der Waals surface area contributed by atoms with Gasteiger partial charge in [0.25, 0.3) is 0 Å². The highest BCUT2D eigenvalue weighted by Gasteiger charge is 2.30. The molecule has 328 valence electrons. The first-order chi connectivity index (χ1) is 33.7. The van der Waals surface area contributed by atoms with Crippen molar-refractivity contribution in [3.63, 3.8) is 0 Å². The fourth-order valence-electron chi connectivity index (χ4n) is 11.2. The summed E-state index contributed by atoms with van der Waals surface area (Å²) in [6.07, 6.45) is 31.9. The molecule has 0 bridgehead atoms. The molecule has 68 heavy (non-hydrogen) atoms. The number of aromatic nitrogens is 1. The molecular formula is C63H50N4S. The summed E-state index contributed by atoms with van der Waals surface area (Å²) in [5, 5.41) is 9.15. The lowest BCUT2D eigenvalue weighted by atomic mass is 9.80. The third-order valence-electron chi connectivity index (χ3n) is 14.5. The van der Waals surface area contributed by atoms with E-state index in [9.17, 15) is 0 Å². The van der Waals surface area contributed by atoms with Gasteiger partial charge in [-0.1, -0.05) is 182 Å². The van der Waals surface area contributed by atoms with E-state index in [0.717, 1.165) is 67.7 Å². The molecule has 4 aliphatic carbocycles. The minimum Gasteiger partial charge on any atom is -0.344 e. The van der Waals surface area contributed by atoms with E-state index in [1.54, 1.807) is 0 Å². The van der Waals surface area contributed by atoms with Crippen molar-refractivity contribution in [1.29, 1.82) is 0 Å². The Kier molecular flexibility index (Phi) is 10.3. The van der Waals surface area contributed by atoms with E-state index in [1.165, 1.54) is 92.2 Å². The molecule has 2 atom stereocenters. The van der Waals surface area contributed by atoms with Gasteiger partial charge < -0.3 is 9.88 Å². The second-order valence-electron chi connectivity index (χ2n) is 18.5. The Hall–Kier alpha value is -7.60. The third kappa shape index (κ3) is 7.12. The molecule has 8 aromatic rings. The lowest BCUT2D eigenvalue weighted by Gasteiger charge is -2.30. The second kappa shape index (κ2) is 17.2. The van der Waals surface area contributed by atoms with Crippen LogP contribution in [0, 0.1) is 0 Å². The maximum Gasteiger partial charge on any atom is 0.159 e. The zero-order chi connectivity index (χ0) is 45.0. The molecule has 5 heteroatoms. The molecule has 0 saturated heterocycles. The summed E-state index contributed by atoms with van der Waals surface area (Å²) < 4.78 is 5.20. The molecule has 0 amide bonds. The Labute approximate surface area is 401 Å². The number of aliphatic imine (C=N–C) groups is 2. The average Bonchev–Trinajstić information content (AvgIpc) is 3.98. The van der Waals surface area contributed by atoms with Crippen LogP contribution in [-0.4, -0.2) is 22.4 Å². The van der Waals surface area contributed by atoms with Crippen molar-refractivity contribution in [3.05, 3.63) is 239 Å². The van der Waals surface area contributed by atoms with Crippen LogP contribution in [0.25, 0.3) is 64.4 Å². The zero-order valence-electron chi connectivity index (χ0n) is 37.9. The molecule has 2 unspecified atom stereocenters. The summed E-state index contributed by atoms with van der Waals surface area (Å²) in [4.78, 5) is 10.8. The van der Waals surface area contributed by atoms with Crippen LogP contribution < -0.4 is 5.32 Å². The Morgan fingerprint density at radius 1 is 0.603 bits per heavy atom. The number of hydrogen-bond donors (Lipinski definition) is 1. The SMILES string of the molecule is C1=CCCC(c2ccc(C3=CC(C4N=C(c5ccccc5)N=C(c5ccccc5)N4)=C(c4cccc5sc6c(ccc7c8ccccc8n(C8=CC=CCC8)c76)c45)CC3)cc2C2C=CC=CC2)=C1. The Morgan fingerprint density at radius 3 is 2.22 bits per heavy atom. The number of rotatable bonds is 8. The number of nitrogens with one attached hydrogen (secondary N) is 1. The van der Waals surface area contributed by atoms with Gasteiger partial charge >= 0.3 is 0 Å². The third-order valence-corrected chi connectivity index (χ3v) is 15.7. The van der Waals surface area contributed by atoms with E-state index in [-0.39, 0.29) is 6.17 Å². The highest BCUT2D eigenvalue weighted by Crippen LogP contribution is 2.48. The lowest BCUT2D eigenvalue weighted by Crippen LogP contribution is -2.40. The van der Waals surface area contributed by atoms with E-state index in [1.807, 2.05) is 11.3 Å². The summed E-state index contributed by atoms with van der Waals surface area (Å²) >= 11 is 1.93. The van der Waals surface area contributed by atoms with Crippen LogP contribution in [0.1, 0.15) is 84.2 Å². The van der Waals surface area contributed by atoms with Crippen LogP contribution in [0.3, 0.4) is 0 Å². The van der Waals surface area contributed by atoms with Crippen molar-refractivity contribution in [2.24, 2.45) is 9.98 Å². The van der Waals surface area contributed by atoms with E-state index in [2.05, 4.69) is 210 Å². The molecule has 0 radical (unpaired) electrons. The van der Waals surface area contributed by atoms with Crippen molar-refractivity contribution in [1.82, 2.24) is 9.88 Å². The summed E-state index contributed by atoms with van der Waals surface area (Å²) in [5.74, 6) is 1.90. The maximum atomic E-state index is 5.55. The molecule has 1 N–H and O–H groups in total. The number of nitrogens with zero attached hydrogens (tertiary/aromatic N) is 3. The standard InChI is InChI=1S/C63H50N4S/c1-6-19-41(20-7-1)48-35-33-45(39-54(48)42-21-8-2-9-22-42)46-34-36-49(55(40-46)63-65-61(43-23-10-3-11-24-43)64-62(66-63)44-25-12-4-13-26-44)51-30-18-32-57-58(51)53-38-37-52-50-29-16-17-31-56(50)67(59(52)60(53)68-57)47-27-14-5-15-28-47/h1-6,8-14,16-19,21,23-27,29-33,35,37-40,42,63H,7,15,20,22,28,34,36H2,(H,64,65,66). The molecule has 1 aliphatic heterocycles. The van der Waals surface area contributed by atoms with E-state index in [0.29, 0.717) is 5.92 Å². The number of benzene rings is 6. The fraction of sp³-hybridized carbons (Fsp3) is 0.143. The Morgan fingerprint density at radius 2 is 1.41 bits per heavy atom. The summed E-state index contributed by atoms with van der Waals surface area (Å²) in [7, 11) is 0. The van der Waals surface area contributed by atoms with Crippen LogP contribution in [0.2, 0.25) is 0 Å². The van der Waals surface area contributed by atoms with Gasteiger partial charge in [-0.2, -0.15) is 0 Å². The molecule has 0 spiro atoms. The first-order valence-corrected chi connectivity index (χ1v) is 25.1. The molecular weight excluding hydrogens is 845 g/mol. The molecule has 5 aliphatic rings. The maximum absolute atomic E-state index is 5.55. The Balaban J connectivity index is 1.04. The predicted molar refractivity (Wildman–Crippen MR) is 290 cm³/mol. The molecule has 13 rings (SSSR count). The van der Waals surface area contributed by atoms with Crippen LogP contribution in [-0.2, 0) is 0 Å². The molecule has 0 fully saturated rings. The van der Waals surface area contributed by atoms with Crippen molar-refractivity contribution in [2.45, 2.75) is 57.0 Å². The average molecular weight is 895 g/mol. The summed E-state index contributed by atoms with van der Waals surface area (Å²) in [5.41, 5.74) is 16.7. The van der Waals surface area contributed by atoms with Gasteiger partial charge in [0.2, 0.25) is 0 Å². The minimum atomic E-state index is -0.381. The topological polar surface area (TPSA) is 41.7 Å². The zero-order valence-corrected chi connectivity index (χ0v) is 38.7. The van der Waals surface area contributed by atoms with Crippen LogP contribution in [0.4, 0.5) is 0 Å². The molecule has 4 nitrogen and oxygen atoms in total. The highest BCUT2D eigenvalue weighted by atomic mass is 32.1. The van der Waals surface area contributed by atoms with Gasteiger partial charge in [-0.25, -0.2) is 9.98 Å². The van der Waals surface area contributed by atoms with Gasteiger partial charge in [0, 0.05) is 54.6 Å². The van der Waals surface area contributed by atoms with Gasteiger partial charge in [-0.15, -0.1) is 11.3 Å². The minimum absolute atomic E-state index is 0.333. The van der Waals surface area contributed by atoms with Gasteiger partial charge in [-0.05, 0) is 102 Å². The van der Waals surface area contributed by atoms with E-state index < -0.39 is 0 Å². The van der Waals surface area contributed by atoms with E-state index >= 15 is 0 Å². The number of fused-ring (bicyclic) bond motifs is 7. The highest BCUT2D eigenvalue weighted by molar-refractivity contribution is 7.26. The number of para-hydroxylation sites is 1. The van der Waals surface area contributed by atoms with E-state index in [4.69, 9.17) is 9.98 Å². The second-order valence-corrected chi connectivity index (χ2v) is 19.6. The normalized spacial score (nSPS) is 19.3. The van der Waals surface area contributed by atoms with Gasteiger partial charge in [0.05, 0.1) is 15.7 Å². The predicted octanol–water partition coefficient (Wildman–Crippen LogP) is 16.1. The summed E-state index contributed by atoms with van der Waals surface area (Å²) in [6.45, 7) is 0. The van der Waals surface area contributed by atoms with Crippen molar-refractivity contribution in [2.75, 3.05) is 0 Å². The van der Waals surface area contributed by atoms with Crippen LogP contribution in [0.5, 0.6) is 0 Å². The quantitative estimate of drug-likeness (QED) is 0.162. The molecule has 3 heterocycles. The van der Waals surface area contributed by atoms with Crippen molar-refractivity contribution in [3.8, 4) is 0 Å². The van der Waals surface area contributed by atoms with Crippen LogP contribution >= 0.6 is 11.3 Å². The van der Waals surface area contributed by atoms with Gasteiger partial charge in [0.1, 0.15) is 12.0 Å². The van der Waals surface area contributed by atoms with Crippen LogP contribution in [0.15, 0.2) is 216 Å². The molecule has 0 saturated carbocycles. The number of allylic oxidation sites excluding steroid dienone is 14. The number of hydrogen-bond acceptors (Lipinski definition) is 4. The smallest absolute Gasteiger partial charge is 0.159 e. The summed E-state index contributed by atoms with van der Waals surface area (Å²) in [6, 6.07) is 49.0. The monoisotopic (exact) mass is 894 g/mol. The van der Waals surface area contributed by atoms with Gasteiger partial charge in [-0.3, -0.25) is 0 Å². The first kappa shape index (κ1) is 40.7.